The van der Waals surface area contributed by atoms with Crippen LogP contribution in [0, 0.1) is 0 Å². The maximum Gasteiger partial charge on any atom is 0.100 e. The van der Waals surface area contributed by atoms with Crippen LogP contribution in [0.4, 0.5) is 0 Å². The molecule has 0 amide bonds. The fraction of sp³-hybridized carbons (Fsp3) is 0.800. The normalized spacial score (nSPS) is 10.9. The summed E-state index contributed by atoms with van der Waals surface area (Å²) in [7, 11) is 0. The minimum atomic E-state index is 0.0252. The molecule has 8 heavy (non-hydrogen) atoms. The van der Waals surface area contributed by atoms with E-state index in [0.29, 0.717) is 11.3 Å². The van der Waals surface area contributed by atoms with Crippen molar-refractivity contribution in [1.29, 1.82) is 0 Å². The van der Waals surface area contributed by atoms with E-state index < -0.39 is 0 Å². The lowest BCUT2D eigenvalue weighted by Gasteiger charge is -2.15. The summed E-state index contributed by atoms with van der Waals surface area (Å²) < 4.78 is 9.78. The molecule has 0 aliphatic rings. The SMILES string of the molecule is CC(C)(C)NC=S=O. The first-order valence-electron chi connectivity index (χ1n) is 2.44. The molecule has 0 fully saturated rings. The molecule has 0 radical (unpaired) electrons. The van der Waals surface area contributed by atoms with E-state index in [-0.39, 0.29) is 5.54 Å². The molecule has 0 aromatic heterocycles. The Bertz CT molecular complexity index is 110. The molecule has 0 unspecified atom stereocenters. The van der Waals surface area contributed by atoms with Crippen LogP contribution in [0.1, 0.15) is 20.8 Å². The maximum atomic E-state index is 9.78. The average molecular weight is 133 g/mol. The zero-order valence-corrected chi connectivity index (χ0v) is 6.21. The van der Waals surface area contributed by atoms with E-state index >= 15 is 0 Å². The highest BCUT2D eigenvalue weighted by Gasteiger charge is 2.04. The van der Waals surface area contributed by atoms with Gasteiger partial charge in [0.2, 0.25) is 0 Å². The number of nitrogens with one attached hydrogen (secondary N) is 1. The quantitative estimate of drug-likeness (QED) is 0.523. The predicted molar refractivity (Wildman–Crippen MR) is 37.1 cm³/mol. The summed E-state index contributed by atoms with van der Waals surface area (Å²) in [4.78, 5) is 0. The lowest BCUT2D eigenvalue weighted by atomic mass is 10.1. The van der Waals surface area contributed by atoms with Crippen LogP contribution >= 0.6 is 0 Å². The van der Waals surface area contributed by atoms with E-state index in [9.17, 15) is 4.21 Å². The topological polar surface area (TPSA) is 29.1 Å². The zero-order chi connectivity index (χ0) is 6.62. The van der Waals surface area contributed by atoms with Gasteiger partial charge in [-0.25, -0.2) is 4.21 Å². The van der Waals surface area contributed by atoms with Crippen molar-refractivity contribution in [3.63, 3.8) is 0 Å². The first kappa shape index (κ1) is 7.85. The summed E-state index contributed by atoms with van der Waals surface area (Å²) in [5.74, 6) is 0. The van der Waals surface area contributed by atoms with Crippen molar-refractivity contribution in [2.24, 2.45) is 0 Å². The first-order chi connectivity index (χ1) is 3.56. The van der Waals surface area contributed by atoms with Gasteiger partial charge in [0.25, 0.3) is 0 Å². The average Bonchev–Trinajstić information content (AvgIpc) is 1.59. The Hall–Kier alpha value is -0.150. The first-order valence-corrected chi connectivity index (χ1v) is 3.25. The van der Waals surface area contributed by atoms with Crippen LogP contribution in [-0.4, -0.2) is 15.2 Å². The van der Waals surface area contributed by atoms with E-state index in [0.717, 1.165) is 0 Å². The summed E-state index contributed by atoms with van der Waals surface area (Å²) in [5.41, 5.74) is 1.47. The molecule has 0 rings (SSSR count). The molecule has 0 heterocycles. The van der Waals surface area contributed by atoms with Crippen LogP contribution in [0.25, 0.3) is 0 Å². The molecule has 0 saturated carbocycles. The Kier molecular flexibility index (Phi) is 2.94. The third-order valence-corrected chi connectivity index (χ3v) is 0.754. The predicted octanol–water partition coefficient (Wildman–Crippen LogP) is 0.347. The number of hydrogen-bond acceptors (Lipinski definition) is 1. The Balaban J connectivity index is 3.55. The maximum absolute atomic E-state index is 9.78. The van der Waals surface area contributed by atoms with Gasteiger partial charge in [0.1, 0.15) is 11.3 Å². The Morgan fingerprint density at radius 2 is 2.00 bits per heavy atom. The second kappa shape index (κ2) is 2.99. The van der Waals surface area contributed by atoms with E-state index in [1.165, 1.54) is 5.49 Å². The van der Waals surface area contributed by atoms with Gasteiger partial charge in [0, 0.05) is 5.54 Å². The van der Waals surface area contributed by atoms with Crippen LogP contribution in [0.15, 0.2) is 0 Å². The highest BCUT2D eigenvalue weighted by Crippen LogP contribution is 1.94. The van der Waals surface area contributed by atoms with Gasteiger partial charge in [0.15, 0.2) is 0 Å². The van der Waals surface area contributed by atoms with Crippen LogP contribution in [0.5, 0.6) is 0 Å². The monoisotopic (exact) mass is 133 g/mol. The molecular formula is C5H11NOS. The largest absolute Gasteiger partial charge is 0.279 e. The van der Waals surface area contributed by atoms with E-state index in [2.05, 4.69) is 5.32 Å². The lowest BCUT2D eigenvalue weighted by molar-refractivity contribution is 0.520. The molecule has 0 aromatic carbocycles. The standard InChI is InChI=1S/C5H11NOS/c1-5(2,3)6-4-8-7/h4,6H,1-3H3. The van der Waals surface area contributed by atoms with Gasteiger partial charge in [-0.2, -0.15) is 0 Å². The fourth-order valence-electron chi connectivity index (χ4n) is 0.201. The molecule has 0 atom stereocenters. The highest BCUT2D eigenvalue weighted by molar-refractivity contribution is 7.64. The Labute approximate surface area is 53.4 Å². The van der Waals surface area contributed by atoms with Crippen molar-refractivity contribution in [2.45, 2.75) is 26.3 Å². The highest BCUT2D eigenvalue weighted by atomic mass is 32.1. The molecule has 1 N–H and O–H groups in total. The molecular weight excluding hydrogens is 122 g/mol. The van der Waals surface area contributed by atoms with Crippen LogP contribution in [-0.2, 0) is 11.3 Å². The van der Waals surface area contributed by atoms with Gasteiger partial charge in [0.05, 0.1) is 5.49 Å². The minimum absolute atomic E-state index is 0.0252. The van der Waals surface area contributed by atoms with Gasteiger partial charge in [-0.05, 0) is 20.8 Å². The van der Waals surface area contributed by atoms with Crippen LogP contribution in [0.3, 0.4) is 0 Å². The molecule has 0 aromatic rings. The molecule has 0 aliphatic heterocycles. The molecule has 2 nitrogen and oxygen atoms in total. The van der Waals surface area contributed by atoms with Crippen molar-refractivity contribution in [3.05, 3.63) is 0 Å². The summed E-state index contributed by atoms with van der Waals surface area (Å²) in [6, 6.07) is 0. The van der Waals surface area contributed by atoms with Crippen molar-refractivity contribution in [1.82, 2.24) is 5.32 Å². The van der Waals surface area contributed by atoms with Gasteiger partial charge >= 0.3 is 0 Å². The van der Waals surface area contributed by atoms with Gasteiger partial charge < -0.3 is 0 Å². The van der Waals surface area contributed by atoms with E-state index in [1.54, 1.807) is 0 Å². The van der Waals surface area contributed by atoms with Crippen molar-refractivity contribution in [3.8, 4) is 0 Å². The van der Waals surface area contributed by atoms with E-state index in [4.69, 9.17) is 0 Å². The van der Waals surface area contributed by atoms with Crippen LogP contribution < -0.4 is 5.32 Å². The third kappa shape index (κ3) is 5.85. The molecule has 0 aliphatic carbocycles. The van der Waals surface area contributed by atoms with Gasteiger partial charge in [-0.15, -0.1) is 0 Å². The summed E-state index contributed by atoms with van der Waals surface area (Å²) in [6.07, 6.45) is 0. The second-order valence-corrected chi connectivity index (χ2v) is 3.04. The molecule has 48 valence electrons. The van der Waals surface area contributed by atoms with Crippen molar-refractivity contribution < 1.29 is 4.21 Å². The number of rotatable bonds is 1. The van der Waals surface area contributed by atoms with Crippen molar-refractivity contribution in [2.75, 3.05) is 0 Å². The third-order valence-electron chi connectivity index (χ3n) is 0.540. The van der Waals surface area contributed by atoms with E-state index in [1.807, 2.05) is 20.8 Å². The molecule has 0 bridgehead atoms. The lowest BCUT2D eigenvalue weighted by Crippen LogP contribution is -2.34. The van der Waals surface area contributed by atoms with Crippen molar-refractivity contribution >= 4 is 16.7 Å². The molecule has 0 saturated heterocycles. The summed E-state index contributed by atoms with van der Waals surface area (Å²) in [5, 5.41) is 2.90. The second-order valence-electron chi connectivity index (χ2n) is 2.61. The van der Waals surface area contributed by atoms with Crippen LogP contribution in [0.2, 0.25) is 0 Å². The summed E-state index contributed by atoms with van der Waals surface area (Å²) >= 11 is 0.442. The summed E-state index contributed by atoms with van der Waals surface area (Å²) in [6.45, 7) is 6.00. The minimum Gasteiger partial charge on any atom is -0.279 e. The zero-order valence-electron chi connectivity index (χ0n) is 5.39. The van der Waals surface area contributed by atoms with Gasteiger partial charge in [-0.1, -0.05) is 0 Å². The van der Waals surface area contributed by atoms with Gasteiger partial charge in [-0.3, -0.25) is 5.32 Å². The number of hydrogen-bond donors (Lipinski definition) is 1. The fourth-order valence-corrected chi connectivity index (χ4v) is 0.602. The molecule has 0 spiro atoms. The molecule has 3 heteroatoms. The smallest absolute Gasteiger partial charge is 0.100 e. The Morgan fingerprint density at radius 1 is 1.50 bits per heavy atom. The Morgan fingerprint density at radius 3 is 2.12 bits per heavy atom.